The van der Waals surface area contributed by atoms with Gasteiger partial charge in [0.2, 0.25) is 0 Å². The van der Waals surface area contributed by atoms with Gasteiger partial charge in [-0.15, -0.1) is 0 Å². The molecule has 0 spiro atoms. The summed E-state index contributed by atoms with van der Waals surface area (Å²) < 4.78 is 18.7. The van der Waals surface area contributed by atoms with Crippen LogP contribution in [0.5, 0.6) is 0 Å². The second-order valence-corrected chi connectivity index (χ2v) is 11.2. The topological polar surface area (TPSA) is 137 Å². The van der Waals surface area contributed by atoms with E-state index in [-0.39, 0.29) is 41.5 Å². The predicted molar refractivity (Wildman–Crippen MR) is 162 cm³/mol. The largest absolute Gasteiger partial charge is 0.480 e. The number of nitrogens with zero attached hydrogens (tertiary/aromatic N) is 2. The van der Waals surface area contributed by atoms with Gasteiger partial charge in [-0.25, -0.2) is 9.18 Å². The highest BCUT2D eigenvalue weighted by Gasteiger charge is 2.26. The van der Waals surface area contributed by atoms with Gasteiger partial charge in [-0.1, -0.05) is 35.3 Å². The number of carboxylic acid groups (broad SMARTS) is 1. The number of hydrogen-bond donors (Lipinski definition) is 3. The van der Waals surface area contributed by atoms with Crippen LogP contribution < -0.4 is 15.5 Å². The first-order valence-corrected chi connectivity index (χ1v) is 14.8. The molecule has 2 aliphatic heterocycles. The number of carbonyl (C=O) groups is 4. The van der Waals surface area contributed by atoms with E-state index < -0.39 is 35.8 Å². The number of aliphatic imine (C=N–C) groups is 1. The van der Waals surface area contributed by atoms with Gasteiger partial charge in [-0.3, -0.25) is 19.4 Å². The summed E-state index contributed by atoms with van der Waals surface area (Å²) in [5, 5.41) is 14.7. The van der Waals surface area contributed by atoms with Crippen molar-refractivity contribution >= 4 is 58.2 Å². The molecule has 1 unspecified atom stereocenters. The van der Waals surface area contributed by atoms with E-state index in [0.717, 1.165) is 17.0 Å². The summed E-state index contributed by atoms with van der Waals surface area (Å²) in [6, 6.07) is 8.69. The summed E-state index contributed by atoms with van der Waals surface area (Å²) in [4.78, 5) is 56.2. The predicted octanol–water partition coefficient (Wildman–Crippen LogP) is 3.91. The molecule has 1 fully saturated rings. The minimum Gasteiger partial charge on any atom is -0.480 e. The van der Waals surface area contributed by atoms with Crippen molar-refractivity contribution in [2.24, 2.45) is 4.99 Å². The van der Waals surface area contributed by atoms with Crippen LogP contribution in [0.3, 0.4) is 0 Å². The van der Waals surface area contributed by atoms with Crippen molar-refractivity contribution in [1.82, 2.24) is 10.6 Å². The number of anilines is 1. The molecule has 0 bridgehead atoms. The monoisotopic (exact) mass is 634 g/mol. The number of halogens is 3. The van der Waals surface area contributed by atoms with Crippen LogP contribution >= 0.6 is 23.2 Å². The van der Waals surface area contributed by atoms with Crippen LogP contribution in [0.2, 0.25) is 10.0 Å². The van der Waals surface area contributed by atoms with E-state index in [2.05, 4.69) is 15.6 Å². The van der Waals surface area contributed by atoms with Gasteiger partial charge in [0.15, 0.2) is 5.78 Å². The molecule has 3 N–H and O–H groups in total. The fraction of sp³-hybridized carbons (Fsp3) is 0.433. The number of morpholine rings is 1. The van der Waals surface area contributed by atoms with Crippen molar-refractivity contribution in [3.05, 3.63) is 63.1 Å². The molecule has 13 heteroatoms. The molecule has 1 saturated heterocycles. The van der Waals surface area contributed by atoms with E-state index in [1.807, 2.05) is 11.0 Å². The van der Waals surface area contributed by atoms with Crippen molar-refractivity contribution in [2.75, 3.05) is 44.3 Å². The Hall–Kier alpha value is -3.54. The fourth-order valence-corrected chi connectivity index (χ4v) is 5.51. The molecule has 10 nitrogen and oxygen atoms in total. The highest BCUT2D eigenvalue weighted by Crippen LogP contribution is 2.31. The second-order valence-electron chi connectivity index (χ2n) is 10.4. The molecule has 0 radical (unpaired) electrons. The van der Waals surface area contributed by atoms with Crippen LogP contribution in [0, 0.1) is 0 Å². The van der Waals surface area contributed by atoms with Gasteiger partial charge in [0.05, 0.1) is 41.9 Å². The summed E-state index contributed by atoms with van der Waals surface area (Å²) in [5.74, 6) is -2.98. The lowest BCUT2D eigenvalue weighted by Crippen LogP contribution is -2.41. The molecular formula is C30H33Cl2FN4O6. The maximum Gasteiger partial charge on any atom is 0.326 e. The number of Topliss-reactive ketones (excluding diaryl/α,β-unsaturated/α-hetero) is 1. The third kappa shape index (κ3) is 9.22. The van der Waals surface area contributed by atoms with Crippen LogP contribution in [0.4, 0.5) is 10.1 Å². The first kappa shape index (κ1) is 32.4. The molecule has 2 amide bonds. The summed E-state index contributed by atoms with van der Waals surface area (Å²) in [6.07, 6.45) is 0.223. The Bertz CT molecular complexity index is 1380. The van der Waals surface area contributed by atoms with E-state index in [1.165, 1.54) is 0 Å². The van der Waals surface area contributed by atoms with Crippen LogP contribution in [-0.4, -0.2) is 86.0 Å². The lowest BCUT2D eigenvalue weighted by molar-refractivity contribution is -0.139. The Labute approximate surface area is 258 Å². The normalized spacial score (nSPS) is 17.5. The number of ether oxygens (including phenoxy) is 1. The molecular weight excluding hydrogens is 602 g/mol. The Kier molecular flexibility index (Phi) is 11.5. The lowest BCUT2D eigenvalue weighted by Gasteiger charge is -2.29. The fourth-order valence-electron chi connectivity index (χ4n) is 4.87. The van der Waals surface area contributed by atoms with Crippen LogP contribution in [0.1, 0.15) is 52.0 Å². The van der Waals surface area contributed by atoms with Crippen molar-refractivity contribution in [1.29, 1.82) is 0 Å². The molecule has 2 aliphatic rings. The quantitative estimate of drug-likeness (QED) is 0.322. The van der Waals surface area contributed by atoms with Gasteiger partial charge >= 0.3 is 5.97 Å². The van der Waals surface area contributed by atoms with Crippen molar-refractivity contribution in [3.63, 3.8) is 0 Å². The highest BCUT2D eigenvalue weighted by molar-refractivity contribution is 6.40. The summed E-state index contributed by atoms with van der Waals surface area (Å²) in [7, 11) is 0. The minimum atomic E-state index is -1.38. The lowest BCUT2D eigenvalue weighted by atomic mass is 9.99. The maximum atomic E-state index is 13.3. The average molecular weight is 636 g/mol. The molecule has 0 aromatic heterocycles. The molecule has 2 heterocycles. The Morgan fingerprint density at radius 2 is 1.81 bits per heavy atom. The number of benzene rings is 2. The number of hydrogen-bond acceptors (Lipinski definition) is 7. The van der Waals surface area contributed by atoms with E-state index >= 15 is 0 Å². The summed E-state index contributed by atoms with van der Waals surface area (Å²) in [5.41, 5.74) is 2.75. The van der Waals surface area contributed by atoms with Crippen LogP contribution in [0.15, 0.2) is 41.4 Å². The molecule has 4 rings (SSSR count). The Morgan fingerprint density at radius 1 is 1.09 bits per heavy atom. The smallest absolute Gasteiger partial charge is 0.326 e. The van der Waals surface area contributed by atoms with Gasteiger partial charge in [0.25, 0.3) is 11.8 Å². The molecule has 2 aromatic carbocycles. The highest BCUT2D eigenvalue weighted by atomic mass is 35.5. The Balaban J connectivity index is 1.27. The summed E-state index contributed by atoms with van der Waals surface area (Å²) in [6.45, 7) is 2.22. The number of carbonyl (C=O) groups excluding carboxylic acids is 3. The number of aliphatic carboxylic acids is 1. The molecule has 2 atom stereocenters. The van der Waals surface area contributed by atoms with E-state index in [1.54, 1.807) is 30.3 Å². The van der Waals surface area contributed by atoms with E-state index in [0.29, 0.717) is 51.1 Å². The molecule has 2 aromatic rings. The van der Waals surface area contributed by atoms with Gasteiger partial charge in [-0.05, 0) is 49.1 Å². The SMILES string of the molecule is O=C(CC[C@H](NC(=O)c1c(Cl)cc(N2CCOCC2)cc1Cl)C(=O)O)CNC(=O)c1cccc(CC2=NCC(F)CC2)c1. The van der Waals surface area contributed by atoms with Gasteiger partial charge in [0, 0.05) is 42.9 Å². The van der Waals surface area contributed by atoms with Crippen molar-refractivity contribution in [3.8, 4) is 0 Å². The molecule has 0 aliphatic carbocycles. The zero-order valence-electron chi connectivity index (χ0n) is 23.4. The maximum absolute atomic E-state index is 13.3. The van der Waals surface area contributed by atoms with Gasteiger partial charge in [-0.2, -0.15) is 0 Å². The van der Waals surface area contributed by atoms with Crippen molar-refractivity contribution < 1.29 is 33.4 Å². The van der Waals surface area contributed by atoms with Crippen LogP contribution in [-0.2, 0) is 20.7 Å². The van der Waals surface area contributed by atoms with Gasteiger partial charge in [0.1, 0.15) is 12.2 Å². The van der Waals surface area contributed by atoms with E-state index in [4.69, 9.17) is 27.9 Å². The zero-order chi connectivity index (χ0) is 30.9. The standard InChI is InChI=1S/C30H33Cl2FN4O6/c31-24-14-22(37-8-10-43-11-9-37)15-25(32)27(24)29(40)36-26(30(41)42)7-6-23(38)17-35-28(39)19-3-1-2-18(12-19)13-21-5-4-20(33)16-34-21/h1-3,12,14-15,20,26H,4-11,13,16-17H2,(H,35,39)(H,36,40)(H,41,42)/t20?,26-/m0/s1. The van der Waals surface area contributed by atoms with Crippen molar-refractivity contribution in [2.45, 2.75) is 44.3 Å². The van der Waals surface area contributed by atoms with E-state index in [9.17, 15) is 28.7 Å². The third-order valence-electron chi connectivity index (χ3n) is 7.25. The molecule has 0 saturated carbocycles. The number of amides is 2. The minimum absolute atomic E-state index is 0.0606. The second kappa shape index (κ2) is 15.3. The zero-order valence-corrected chi connectivity index (χ0v) is 24.9. The first-order valence-electron chi connectivity index (χ1n) is 14.0. The van der Waals surface area contributed by atoms with Gasteiger partial charge < -0.3 is 25.4 Å². The third-order valence-corrected chi connectivity index (χ3v) is 7.84. The van der Waals surface area contributed by atoms with Crippen LogP contribution in [0.25, 0.3) is 0 Å². The number of nitrogens with one attached hydrogen (secondary N) is 2. The molecule has 230 valence electrons. The number of alkyl halides is 1. The Morgan fingerprint density at radius 3 is 2.47 bits per heavy atom. The number of ketones is 1. The number of rotatable bonds is 12. The molecule has 43 heavy (non-hydrogen) atoms. The first-order chi connectivity index (χ1) is 20.6. The number of carboxylic acids is 1. The average Bonchev–Trinajstić information content (AvgIpc) is 2.99. The summed E-state index contributed by atoms with van der Waals surface area (Å²) >= 11 is 12.7.